The van der Waals surface area contributed by atoms with Gasteiger partial charge in [0, 0.05) is 9.50 Å². The lowest BCUT2D eigenvalue weighted by molar-refractivity contribution is 1.02. The number of hydrogen-bond acceptors (Lipinski definition) is 1. The van der Waals surface area contributed by atoms with Crippen LogP contribution in [0.4, 0.5) is 0 Å². The summed E-state index contributed by atoms with van der Waals surface area (Å²) in [5.74, 6) is 0. The Morgan fingerprint density at radius 1 is 1.11 bits per heavy atom. The van der Waals surface area contributed by atoms with Crippen LogP contribution in [0, 0.1) is 0 Å². The minimum atomic E-state index is -0.216. The van der Waals surface area contributed by atoms with Gasteiger partial charge in [-0.1, -0.05) is 23.2 Å². The smallest absolute Gasteiger partial charge is 0.305 e. The Kier molecular flexibility index (Phi) is 3.17. The monoisotopic (exact) mass is 356 g/mol. The highest BCUT2D eigenvalue weighted by Gasteiger charge is 2.10. The van der Waals surface area contributed by atoms with Crippen LogP contribution in [-0.4, -0.2) is 9.55 Å². The summed E-state index contributed by atoms with van der Waals surface area (Å²) < 4.78 is 2.29. The Labute approximate surface area is 126 Å². The van der Waals surface area contributed by atoms with Crippen LogP contribution < -0.4 is 5.69 Å². The molecule has 0 fully saturated rings. The quantitative estimate of drug-likeness (QED) is 0.689. The Hall–Kier alpha value is -1.23. The molecule has 0 saturated heterocycles. The van der Waals surface area contributed by atoms with Crippen LogP contribution in [0.25, 0.3) is 16.7 Å². The molecular formula is C13H7BrCl2N2O. The molecule has 3 rings (SSSR count). The van der Waals surface area contributed by atoms with Crippen molar-refractivity contribution in [2.45, 2.75) is 0 Å². The molecule has 1 N–H and O–H groups in total. The van der Waals surface area contributed by atoms with E-state index in [9.17, 15) is 4.79 Å². The number of rotatable bonds is 1. The van der Waals surface area contributed by atoms with Crippen LogP contribution in [-0.2, 0) is 0 Å². The number of fused-ring (bicyclic) bond motifs is 1. The topological polar surface area (TPSA) is 37.8 Å². The van der Waals surface area contributed by atoms with E-state index in [0.29, 0.717) is 10.0 Å². The summed E-state index contributed by atoms with van der Waals surface area (Å²) in [5, 5.41) is 1.17. The molecule has 0 aliphatic heterocycles. The summed E-state index contributed by atoms with van der Waals surface area (Å²) >= 11 is 15.3. The molecule has 0 aliphatic carbocycles. The van der Waals surface area contributed by atoms with Gasteiger partial charge in [-0.3, -0.25) is 4.57 Å². The highest BCUT2D eigenvalue weighted by atomic mass is 79.9. The Morgan fingerprint density at radius 2 is 1.89 bits per heavy atom. The second-order valence-electron chi connectivity index (χ2n) is 4.03. The second kappa shape index (κ2) is 4.71. The van der Waals surface area contributed by atoms with E-state index in [-0.39, 0.29) is 5.69 Å². The lowest BCUT2D eigenvalue weighted by atomic mass is 10.3. The maximum atomic E-state index is 12.1. The number of imidazole rings is 1. The Morgan fingerprint density at radius 3 is 2.63 bits per heavy atom. The van der Waals surface area contributed by atoms with E-state index in [0.717, 1.165) is 21.2 Å². The van der Waals surface area contributed by atoms with Crippen LogP contribution in [0.15, 0.2) is 45.7 Å². The molecule has 1 heterocycles. The van der Waals surface area contributed by atoms with Crippen molar-refractivity contribution in [3.05, 3.63) is 61.4 Å². The largest absolute Gasteiger partial charge is 0.331 e. The van der Waals surface area contributed by atoms with E-state index in [4.69, 9.17) is 23.2 Å². The number of nitrogens with zero attached hydrogens (tertiary/aromatic N) is 1. The number of H-pyrrole nitrogens is 1. The van der Waals surface area contributed by atoms with Gasteiger partial charge in [-0.2, -0.15) is 0 Å². The van der Waals surface area contributed by atoms with Crippen molar-refractivity contribution in [3.8, 4) is 5.69 Å². The number of hydrogen-bond donors (Lipinski definition) is 1. The Balaban J connectivity index is 2.35. The summed E-state index contributed by atoms with van der Waals surface area (Å²) in [6.07, 6.45) is 0. The van der Waals surface area contributed by atoms with Gasteiger partial charge in [0.2, 0.25) is 0 Å². The zero-order valence-electron chi connectivity index (χ0n) is 9.45. The van der Waals surface area contributed by atoms with Gasteiger partial charge in [-0.25, -0.2) is 4.79 Å². The van der Waals surface area contributed by atoms with Gasteiger partial charge < -0.3 is 4.98 Å². The molecule has 0 unspecified atom stereocenters. The van der Waals surface area contributed by atoms with Crippen LogP contribution in [0.1, 0.15) is 0 Å². The minimum absolute atomic E-state index is 0.216. The van der Waals surface area contributed by atoms with E-state index in [1.54, 1.807) is 41.0 Å². The van der Waals surface area contributed by atoms with E-state index >= 15 is 0 Å². The standard InChI is InChI=1S/C13H7BrCl2N2O/c14-9-6-8(2-3-10(9)16)18-12-5-7(15)1-4-11(12)17-13(18)19/h1-6H,(H,17,19). The molecule has 0 atom stereocenters. The molecule has 0 saturated carbocycles. The zero-order chi connectivity index (χ0) is 13.6. The predicted octanol–water partition coefficient (Wildman–Crippen LogP) is 4.39. The predicted molar refractivity (Wildman–Crippen MR) is 81.6 cm³/mol. The SMILES string of the molecule is O=c1[nH]c2ccc(Cl)cc2n1-c1ccc(Cl)c(Br)c1. The molecule has 1 aromatic heterocycles. The molecule has 0 radical (unpaired) electrons. The number of halogens is 3. The normalized spacial score (nSPS) is 11.1. The van der Waals surface area contributed by atoms with Crippen molar-refractivity contribution in [1.82, 2.24) is 9.55 Å². The van der Waals surface area contributed by atoms with Crippen LogP contribution in [0.3, 0.4) is 0 Å². The van der Waals surface area contributed by atoms with E-state index in [2.05, 4.69) is 20.9 Å². The van der Waals surface area contributed by atoms with Crippen molar-refractivity contribution in [2.24, 2.45) is 0 Å². The molecule has 0 bridgehead atoms. The van der Waals surface area contributed by atoms with Gasteiger partial charge in [0.05, 0.1) is 21.7 Å². The van der Waals surface area contributed by atoms with Crippen molar-refractivity contribution < 1.29 is 0 Å². The lowest BCUT2D eigenvalue weighted by Gasteiger charge is -2.05. The fraction of sp³-hybridized carbons (Fsp3) is 0. The van der Waals surface area contributed by atoms with E-state index in [1.165, 1.54) is 0 Å². The molecule has 19 heavy (non-hydrogen) atoms. The third-order valence-corrected chi connectivity index (χ3v) is 4.26. The third-order valence-electron chi connectivity index (χ3n) is 2.81. The van der Waals surface area contributed by atoms with E-state index in [1.807, 2.05) is 0 Å². The van der Waals surface area contributed by atoms with Gasteiger partial charge in [-0.15, -0.1) is 0 Å². The first-order chi connectivity index (χ1) is 9.06. The van der Waals surface area contributed by atoms with Crippen LogP contribution in [0.5, 0.6) is 0 Å². The number of aromatic amines is 1. The zero-order valence-corrected chi connectivity index (χ0v) is 12.6. The highest BCUT2D eigenvalue weighted by Crippen LogP contribution is 2.26. The maximum Gasteiger partial charge on any atom is 0.331 e. The van der Waals surface area contributed by atoms with E-state index < -0.39 is 0 Å². The molecule has 0 spiro atoms. The summed E-state index contributed by atoms with van der Waals surface area (Å²) in [6.45, 7) is 0. The number of aromatic nitrogens is 2. The fourth-order valence-corrected chi connectivity index (χ4v) is 2.61. The average molecular weight is 358 g/mol. The van der Waals surface area contributed by atoms with Crippen molar-refractivity contribution in [1.29, 1.82) is 0 Å². The van der Waals surface area contributed by atoms with Gasteiger partial charge in [0.15, 0.2) is 0 Å². The molecule has 2 aromatic carbocycles. The molecule has 6 heteroatoms. The molecule has 3 aromatic rings. The summed E-state index contributed by atoms with van der Waals surface area (Å²) in [4.78, 5) is 14.8. The van der Waals surface area contributed by atoms with Crippen molar-refractivity contribution >= 4 is 50.2 Å². The lowest BCUT2D eigenvalue weighted by Crippen LogP contribution is -2.14. The first-order valence-corrected chi connectivity index (χ1v) is 6.97. The van der Waals surface area contributed by atoms with Crippen molar-refractivity contribution in [3.63, 3.8) is 0 Å². The third kappa shape index (κ3) is 2.20. The minimum Gasteiger partial charge on any atom is -0.305 e. The van der Waals surface area contributed by atoms with Gasteiger partial charge in [0.1, 0.15) is 0 Å². The van der Waals surface area contributed by atoms with Crippen LogP contribution >= 0.6 is 39.1 Å². The number of nitrogens with one attached hydrogen (secondary N) is 1. The first kappa shape index (κ1) is 12.8. The first-order valence-electron chi connectivity index (χ1n) is 5.42. The summed E-state index contributed by atoms with van der Waals surface area (Å²) in [7, 11) is 0. The molecule has 96 valence electrons. The Bertz CT molecular complexity index is 838. The summed E-state index contributed by atoms with van der Waals surface area (Å²) in [6, 6.07) is 10.6. The molecule has 3 nitrogen and oxygen atoms in total. The maximum absolute atomic E-state index is 12.1. The molecule has 0 amide bonds. The van der Waals surface area contributed by atoms with Gasteiger partial charge >= 0.3 is 5.69 Å². The van der Waals surface area contributed by atoms with Gasteiger partial charge in [-0.05, 0) is 52.3 Å². The molecule has 0 aliphatic rings. The summed E-state index contributed by atoms with van der Waals surface area (Å²) in [5.41, 5.74) is 1.97. The fourth-order valence-electron chi connectivity index (χ4n) is 1.96. The van der Waals surface area contributed by atoms with Gasteiger partial charge in [0.25, 0.3) is 0 Å². The average Bonchev–Trinajstić information content (AvgIpc) is 2.68. The highest BCUT2D eigenvalue weighted by molar-refractivity contribution is 9.10. The molecular weight excluding hydrogens is 351 g/mol. The second-order valence-corrected chi connectivity index (χ2v) is 5.72. The van der Waals surface area contributed by atoms with Crippen molar-refractivity contribution in [2.75, 3.05) is 0 Å². The number of benzene rings is 2. The van der Waals surface area contributed by atoms with Crippen LogP contribution in [0.2, 0.25) is 10.0 Å².